The number of nitriles is 1. The SMILES string of the molecule is CCC(C#N)S(=O)(=O)Nc1ccccc1C(N)=O. The van der Waals surface area contributed by atoms with E-state index in [0.717, 1.165) is 0 Å². The number of carbonyl (C=O) groups excluding carboxylic acids is 1. The number of hydrogen-bond donors (Lipinski definition) is 2. The average Bonchev–Trinajstić information content (AvgIpc) is 2.29. The Morgan fingerprint density at radius 3 is 2.61 bits per heavy atom. The largest absolute Gasteiger partial charge is 0.366 e. The van der Waals surface area contributed by atoms with Crippen molar-refractivity contribution in [2.45, 2.75) is 18.6 Å². The van der Waals surface area contributed by atoms with Gasteiger partial charge in [-0.25, -0.2) is 8.42 Å². The van der Waals surface area contributed by atoms with Crippen molar-refractivity contribution in [2.24, 2.45) is 5.73 Å². The predicted octanol–water partition coefficient (Wildman–Crippen LogP) is 0.829. The Balaban J connectivity index is 3.13. The molecule has 3 N–H and O–H groups in total. The lowest BCUT2D eigenvalue weighted by Crippen LogP contribution is -2.27. The van der Waals surface area contributed by atoms with E-state index < -0.39 is 21.2 Å². The molecule has 1 atom stereocenters. The van der Waals surface area contributed by atoms with Crippen LogP contribution < -0.4 is 10.5 Å². The van der Waals surface area contributed by atoms with E-state index in [1.165, 1.54) is 12.1 Å². The molecule has 0 aliphatic heterocycles. The number of sulfonamides is 1. The smallest absolute Gasteiger partial charge is 0.250 e. The fourth-order valence-electron chi connectivity index (χ4n) is 1.39. The maximum absolute atomic E-state index is 11.9. The van der Waals surface area contributed by atoms with Gasteiger partial charge in [0.25, 0.3) is 5.91 Å². The minimum absolute atomic E-state index is 0.0638. The van der Waals surface area contributed by atoms with E-state index in [4.69, 9.17) is 11.0 Å². The van der Waals surface area contributed by atoms with E-state index in [1.54, 1.807) is 25.1 Å². The summed E-state index contributed by atoms with van der Waals surface area (Å²) in [7, 11) is -3.85. The summed E-state index contributed by atoms with van der Waals surface area (Å²) in [5.74, 6) is -0.738. The van der Waals surface area contributed by atoms with Gasteiger partial charge < -0.3 is 5.73 Å². The molecule has 1 amide bonds. The molecule has 1 aromatic carbocycles. The number of benzene rings is 1. The molecule has 0 bridgehead atoms. The van der Waals surface area contributed by atoms with Crippen molar-refractivity contribution in [1.82, 2.24) is 0 Å². The van der Waals surface area contributed by atoms with E-state index in [9.17, 15) is 13.2 Å². The van der Waals surface area contributed by atoms with Crippen molar-refractivity contribution in [3.05, 3.63) is 29.8 Å². The van der Waals surface area contributed by atoms with Crippen molar-refractivity contribution in [2.75, 3.05) is 4.72 Å². The van der Waals surface area contributed by atoms with Crippen LogP contribution in [-0.2, 0) is 10.0 Å². The molecule has 0 saturated carbocycles. The highest BCUT2D eigenvalue weighted by atomic mass is 32.2. The minimum Gasteiger partial charge on any atom is -0.366 e. The normalized spacial score (nSPS) is 12.4. The Morgan fingerprint density at radius 1 is 1.50 bits per heavy atom. The van der Waals surface area contributed by atoms with Gasteiger partial charge in [-0.05, 0) is 18.6 Å². The number of para-hydroxylation sites is 1. The molecule has 0 fully saturated rings. The van der Waals surface area contributed by atoms with Gasteiger partial charge >= 0.3 is 0 Å². The maximum atomic E-state index is 11.9. The van der Waals surface area contributed by atoms with Crippen molar-refractivity contribution in [3.8, 4) is 6.07 Å². The lowest BCUT2D eigenvalue weighted by Gasteiger charge is -2.13. The van der Waals surface area contributed by atoms with Gasteiger partial charge in [-0.1, -0.05) is 19.1 Å². The maximum Gasteiger partial charge on any atom is 0.250 e. The molecule has 7 heteroatoms. The molecule has 0 aliphatic carbocycles. The molecular formula is C11H13N3O3S. The van der Waals surface area contributed by atoms with Gasteiger partial charge in [-0.3, -0.25) is 9.52 Å². The van der Waals surface area contributed by atoms with Crippen molar-refractivity contribution < 1.29 is 13.2 Å². The molecule has 1 aromatic rings. The summed E-state index contributed by atoms with van der Waals surface area (Å²) in [6, 6.07) is 7.66. The summed E-state index contributed by atoms with van der Waals surface area (Å²) >= 11 is 0. The molecule has 0 aromatic heterocycles. The molecule has 0 heterocycles. The number of nitrogens with one attached hydrogen (secondary N) is 1. The zero-order valence-electron chi connectivity index (χ0n) is 9.75. The van der Waals surface area contributed by atoms with Crippen LogP contribution in [0.5, 0.6) is 0 Å². The molecule has 0 aliphatic rings. The van der Waals surface area contributed by atoms with Crippen LogP contribution >= 0.6 is 0 Å². The lowest BCUT2D eigenvalue weighted by atomic mass is 10.2. The Bertz CT molecular complexity index is 590. The standard InChI is InChI=1S/C11H13N3O3S/c1-2-8(7-12)18(16,17)14-10-6-4-3-5-9(10)11(13)15/h3-6,8,14H,2H2,1H3,(H2,13,15). The van der Waals surface area contributed by atoms with Crippen LogP contribution in [0.2, 0.25) is 0 Å². The van der Waals surface area contributed by atoms with Gasteiger partial charge in [-0.2, -0.15) is 5.26 Å². The summed E-state index contributed by atoms with van der Waals surface area (Å²) < 4.78 is 25.9. The van der Waals surface area contributed by atoms with E-state index in [2.05, 4.69) is 4.72 Å². The number of carbonyl (C=O) groups is 1. The summed E-state index contributed by atoms with van der Waals surface area (Å²) in [5.41, 5.74) is 5.28. The van der Waals surface area contributed by atoms with Gasteiger partial charge in [0.1, 0.15) is 0 Å². The van der Waals surface area contributed by atoms with Gasteiger partial charge in [0, 0.05) is 0 Å². The Hall–Kier alpha value is -2.07. The zero-order chi connectivity index (χ0) is 13.8. The van der Waals surface area contributed by atoms with Crippen LogP contribution in [-0.4, -0.2) is 19.6 Å². The Labute approximate surface area is 105 Å². The summed E-state index contributed by atoms with van der Waals surface area (Å²) in [6.45, 7) is 1.59. The van der Waals surface area contributed by atoms with Crippen LogP contribution in [0, 0.1) is 11.3 Å². The fourth-order valence-corrected chi connectivity index (χ4v) is 2.60. The van der Waals surface area contributed by atoms with Gasteiger partial charge in [-0.15, -0.1) is 0 Å². The minimum atomic E-state index is -3.85. The number of rotatable bonds is 5. The molecule has 0 spiro atoms. The highest BCUT2D eigenvalue weighted by Crippen LogP contribution is 2.18. The second-order valence-electron chi connectivity index (χ2n) is 3.58. The first-order valence-corrected chi connectivity index (χ1v) is 6.77. The highest BCUT2D eigenvalue weighted by molar-refractivity contribution is 7.93. The third kappa shape index (κ3) is 2.99. The molecule has 6 nitrogen and oxygen atoms in total. The van der Waals surface area contributed by atoms with Gasteiger partial charge in [0.2, 0.25) is 10.0 Å². The second-order valence-corrected chi connectivity index (χ2v) is 5.45. The topological polar surface area (TPSA) is 113 Å². The predicted molar refractivity (Wildman–Crippen MR) is 67.2 cm³/mol. The number of hydrogen-bond acceptors (Lipinski definition) is 4. The van der Waals surface area contributed by atoms with Gasteiger partial charge in [0.05, 0.1) is 17.3 Å². The summed E-state index contributed by atoms with van der Waals surface area (Å²) in [5, 5.41) is 7.59. The zero-order valence-corrected chi connectivity index (χ0v) is 10.6. The number of amides is 1. The molecule has 96 valence electrons. The monoisotopic (exact) mass is 267 g/mol. The van der Waals surface area contributed by atoms with E-state index >= 15 is 0 Å². The first kappa shape index (κ1) is 14.0. The third-order valence-corrected chi connectivity index (χ3v) is 4.03. The van der Waals surface area contributed by atoms with Crippen LogP contribution in [0.1, 0.15) is 23.7 Å². The van der Waals surface area contributed by atoms with E-state index in [-0.39, 0.29) is 17.7 Å². The number of anilines is 1. The molecule has 1 rings (SSSR count). The third-order valence-electron chi connectivity index (χ3n) is 2.33. The number of nitrogens with two attached hydrogens (primary N) is 1. The first-order chi connectivity index (χ1) is 8.42. The lowest BCUT2D eigenvalue weighted by molar-refractivity contribution is 0.100. The average molecular weight is 267 g/mol. The van der Waals surface area contributed by atoms with Crippen molar-refractivity contribution >= 4 is 21.6 Å². The number of nitrogens with zero attached hydrogens (tertiary/aromatic N) is 1. The number of primary amides is 1. The second kappa shape index (κ2) is 5.51. The van der Waals surface area contributed by atoms with Gasteiger partial charge in [0.15, 0.2) is 5.25 Å². The Kier molecular flexibility index (Phi) is 4.28. The van der Waals surface area contributed by atoms with Crippen LogP contribution in [0.3, 0.4) is 0 Å². The van der Waals surface area contributed by atoms with Crippen LogP contribution in [0.15, 0.2) is 24.3 Å². The fraction of sp³-hybridized carbons (Fsp3) is 0.273. The van der Waals surface area contributed by atoms with E-state index in [1.807, 2.05) is 0 Å². The van der Waals surface area contributed by atoms with Crippen molar-refractivity contribution in [1.29, 1.82) is 5.26 Å². The van der Waals surface area contributed by atoms with Crippen LogP contribution in [0.25, 0.3) is 0 Å². The highest BCUT2D eigenvalue weighted by Gasteiger charge is 2.24. The molecule has 0 saturated heterocycles. The Morgan fingerprint density at radius 2 is 2.11 bits per heavy atom. The first-order valence-electron chi connectivity index (χ1n) is 5.22. The van der Waals surface area contributed by atoms with E-state index in [0.29, 0.717) is 0 Å². The van der Waals surface area contributed by atoms with Crippen LogP contribution in [0.4, 0.5) is 5.69 Å². The molecule has 1 unspecified atom stereocenters. The summed E-state index contributed by atoms with van der Waals surface area (Å²) in [4.78, 5) is 11.1. The molecule has 18 heavy (non-hydrogen) atoms. The van der Waals surface area contributed by atoms with Crippen molar-refractivity contribution in [3.63, 3.8) is 0 Å². The molecule has 0 radical (unpaired) electrons. The quantitative estimate of drug-likeness (QED) is 0.822. The summed E-state index contributed by atoms with van der Waals surface area (Å²) in [6.07, 6.45) is 0.157. The molecular weight excluding hydrogens is 254 g/mol.